The highest BCUT2D eigenvalue weighted by Crippen LogP contribution is 2.27. The summed E-state index contributed by atoms with van der Waals surface area (Å²) in [5.74, 6) is -0.804. The van der Waals surface area contributed by atoms with Gasteiger partial charge in [0.15, 0.2) is 0 Å². The van der Waals surface area contributed by atoms with Crippen molar-refractivity contribution in [3.8, 4) is 0 Å². The fourth-order valence-corrected chi connectivity index (χ4v) is 2.24. The van der Waals surface area contributed by atoms with Crippen LogP contribution in [0.5, 0.6) is 0 Å². The molecule has 0 saturated heterocycles. The molecule has 0 saturated carbocycles. The number of nitrogens with zero attached hydrogens (tertiary/aromatic N) is 1. The highest BCUT2D eigenvalue weighted by Gasteiger charge is 2.25. The van der Waals surface area contributed by atoms with E-state index in [2.05, 4.69) is 12.1 Å². The third-order valence-electron chi connectivity index (χ3n) is 3.56. The monoisotopic (exact) mass is 249 g/mol. The average molecular weight is 249 g/mol. The Bertz CT molecular complexity index is 433. The van der Waals surface area contributed by atoms with E-state index in [-0.39, 0.29) is 6.10 Å². The lowest BCUT2D eigenvalue weighted by atomic mass is 9.97. The Morgan fingerprint density at radius 1 is 1.56 bits per heavy atom. The zero-order valence-electron chi connectivity index (χ0n) is 10.8. The smallest absolute Gasteiger partial charge is 0.320 e. The molecule has 2 unspecified atom stereocenters. The molecule has 2 atom stereocenters. The largest absolute Gasteiger partial charge is 0.480 e. The minimum Gasteiger partial charge on any atom is -0.480 e. The summed E-state index contributed by atoms with van der Waals surface area (Å²) in [4.78, 5) is 12.8. The van der Waals surface area contributed by atoms with Crippen LogP contribution in [0.1, 0.15) is 24.2 Å². The lowest BCUT2D eigenvalue weighted by molar-refractivity contribution is -0.142. The van der Waals surface area contributed by atoms with E-state index in [1.165, 1.54) is 11.1 Å². The van der Waals surface area contributed by atoms with E-state index in [9.17, 15) is 4.79 Å². The van der Waals surface area contributed by atoms with Crippen LogP contribution in [0.3, 0.4) is 0 Å². The predicted molar refractivity (Wildman–Crippen MR) is 68.6 cm³/mol. The first-order valence-corrected chi connectivity index (χ1v) is 6.22. The van der Waals surface area contributed by atoms with E-state index in [4.69, 9.17) is 9.84 Å². The van der Waals surface area contributed by atoms with Gasteiger partial charge in [-0.25, -0.2) is 0 Å². The number of fused-ring (bicyclic) bond motifs is 1. The van der Waals surface area contributed by atoms with Crippen LogP contribution in [0.2, 0.25) is 0 Å². The molecule has 0 radical (unpaired) electrons. The SMILES string of the molecule is CC(C(=O)O)N(C)CC1OCCc2ccccc21. The molecule has 98 valence electrons. The Balaban J connectivity index is 2.09. The minimum atomic E-state index is -0.804. The van der Waals surface area contributed by atoms with Crippen LogP contribution in [0.25, 0.3) is 0 Å². The molecule has 0 aliphatic carbocycles. The average Bonchev–Trinajstić information content (AvgIpc) is 2.38. The van der Waals surface area contributed by atoms with Gasteiger partial charge in [0.25, 0.3) is 0 Å². The van der Waals surface area contributed by atoms with Crippen LogP contribution in [0.4, 0.5) is 0 Å². The highest BCUT2D eigenvalue weighted by atomic mass is 16.5. The number of benzene rings is 1. The van der Waals surface area contributed by atoms with Gasteiger partial charge < -0.3 is 9.84 Å². The van der Waals surface area contributed by atoms with Crippen LogP contribution in [0, 0.1) is 0 Å². The van der Waals surface area contributed by atoms with E-state index in [1.54, 1.807) is 6.92 Å². The second-order valence-corrected chi connectivity index (χ2v) is 4.76. The van der Waals surface area contributed by atoms with E-state index in [1.807, 2.05) is 24.1 Å². The number of carbonyl (C=O) groups is 1. The maximum atomic E-state index is 10.9. The van der Waals surface area contributed by atoms with Gasteiger partial charge in [0.2, 0.25) is 0 Å². The first-order chi connectivity index (χ1) is 8.59. The normalized spacial score (nSPS) is 20.5. The summed E-state index contributed by atoms with van der Waals surface area (Å²) in [7, 11) is 1.82. The maximum Gasteiger partial charge on any atom is 0.320 e. The van der Waals surface area contributed by atoms with Gasteiger partial charge in [-0.2, -0.15) is 0 Å². The molecule has 18 heavy (non-hydrogen) atoms. The summed E-state index contributed by atoms with van der Waals surface area (Å²) in [6.45, 7) is 3.00. The number of carboxylic acids is 1. The zero-order valence-corrected chi connectivity index (χ0v) is 10.8. The number of ether oxygens (including phenoxy) is 1. The molecule has 0 bridgehead atoms. The Labute approximate surface area is 107 Å². The van der Waals surface area contributed by atoms with Crippen molar-refractivity contribution in [1.29, 1.82) is 0 Å². The van der Waals surface area contributed by atoms with Crippen LogP contribution >= 0.6 is 0 Å². The highest BCUT2D eigenvalue weighted by molar-refractivity contribution is 5.72. The molecule has 4 heteroatoms. The number of rotatable bonds is 4. The van der Waals surface area contributed by atoms with Gasteiger partial charge in [-0.3, -0.25) is 9.69 Å². The molecule has 1 aliphatic heterocycles. The Morgan fingerprint density at radius 3 is 3.00 bits per heavy atom. The molecule has 2 rings (SSSR count). The maximum absolute atomic E-state index is 10.9. The molecule has 1 aliphatic rings. The topological polar surface area (TPSA) is 49.8 Å². The van der Waals surface area contributed by atoms with Gasteiger partial charge in [-0.05, 0) is 31.5 Å². The fraction of sp³-hybridized carbons (Fsp3) is 0.500. The summed E-state index contributed by atoms with van der Waals surface area (Å²) in [5.41, 5.74) is 2.50. The number of aliphatic carboxylic acids is 1. The van der Waals surface area contributed by atoms with Crippen LogP contribution in [-0.4, -0.2) is 42.2 Å². The molecular formula is C14H19NO3. The molecular weight excluding hydrogens is 230 g/mol. The van der Waals surface area contributed by atoms with Crippen molar-refractivity contribution in [3.05, 3.63) is 35.4 Å². The zero-order chi connectivity index (χ0) is 13.1. The van der Waals surface area contributed by atoms with Gasteiger partial charge in [-0.1, -0.05) is 24.3 Å². The van der Waals surface area contributed by atoms with Crippen LogP contribution in [0.15, 0.2) is 24.3 Å². The summed E-state index contributed by atoms with van der Waals surface area (Å²) in [6, 6.07) is 7.72. The Morgan fingerprint density at radius 2 is 2.28 bits per heavy atom. The third-order valence-corrected chi connectivity index (χ3v) is 3.56. The number of hydrogen-bond donors (Lipinski definition) is 1. The predicted octanol–water partition coefficient (Wildman–Crippen LogP) is 1.71. The van der Waals surface area contributed by atoms with Crippen molar-refractivity contribution in [2.24, 2.45) is 0 Å². The van der Waals surface area contributed by atoms with E-state index in [0.29, 0.717) is 13.2 Å². The van der Waals surface area contributed by atoms with Gasteiger partial charge >= 0.3 is 5.97 Å². The van der Waals surface area contributed by atoms with Crippen LogP contribution < -0.4 is 0 Å². The Hall–Kier alpha value is -1.39. The third kappa shape index (κ3) is 2.71. The molecule has 1 N–H and O–H groups in total. The number of likely N-dealkylation sites (N-methyl/N-ethyl adjacent to an activating group) is 1. The van der Waals surface area contributed by atoms with Crippen molar-refractivity contribution < 1.29 is 14.6 Å². The lowest BCUT2D eigenvalue weighted by Gasteiger charge is -2.31. The molecule has 1 aromatic carbocycles. The summed E-state index contributed by atoms with van der Waals surface area (Å²) < 4.78 is 5.77. The quantitative estimate of drug-likeness (QED) is 0.882. The van der Waals surface area contributed by atoms with Gasteiger partial charge in [-0.15, -0.1) is 0 Å². The van der Waals surface area contributed by atoms with Crippen molar-refractivity contribution in [2.75, 3.05) is 20.2 Å². The molecule has 1 aromatic rings. The van der Waals surface area contributed by atoms with E-state index < -0.39 is 12.0 Å². The molecule has 0 aromatic heterocycles. The van der Waals surface area contributed by atoms with Gasteiger partial charge in [0.1, 0.15) is 6.04 Å². The lowest BCUT2D eigenvalue weighted by Crippen LogP contribution is -2.39. The standard InChI is InChI=1S/C14H19NO3/c1-10(14(16)17)15(2)9-13-12-6-4-3-5-11(12)7-8-18-13/h3-6,10,13H,7-9H2,1-2H3,(H,16,17). The Kier molecular flexibility index (Phi) is 3.99. The minimum absolute atomic E-state index is 0.0262. The molecule has 4 nitrogen and oxygen atoms in total. The van der Waals surface area contributed by atoms with E-state index >= 15 is 0 Å². The molecule has 1 heterocycles. The summed E-state index contributed by atoms with van der Waals surface area (Å²) in [5, 5.41) is 8.99. The summed E-state index contributed by atoms with van der Waals surface area (Å²) in [6.07, 6.45) is 0.909. The van der Waals surface area contributed by atoms with Crippen molar-refractivity contribution in [3.63, 3.8) is 0 Å². The molecule has 0 fully saturated rings. The van der Waals surface area contributed by atoms with Gasteiger partial charge in [0, 0.05) is 6.54 Å². The fourth-order valence-electron chi connectivity index (χ4n) is 2.24. The first kappa shape index (κ1) is 13.1. The van der Waals surface area contributed by atoms with E-state index in [0.717, 1.165) is 6.42 Å². The number of carboxylic acid groups (broad SMARTS) is 1. The molecule has 0 spiro atoms. The van der Waals surface area contributed by atoms with Gasteiger partial charge in [0.05, 0.1) is 12.7 Å². The van der Waals surface area contributed by atoms with Crippen molar-refractivity contribution >= 4 is 5.97 Å². The second-order valence-electron chi connectivity index (χ2n) is 4.76. The van der Waals surface area contributed by atoms with Crippen molar-refractivity contribution in [1.82, 2.24) is 4.90 Å². The number of hydrogen-bond acceptors (Lipinski definition) is 3. The first-order valence-electron chi connectivity index (χ1n) is 6.22. The molecule has 0 amide bonds. The van der Waals surface area contributed by atoms with Crippen LogP contribution in [-0.2, 0) is 16.0 Å². The summed E-state index contributed by atoms with van der Waals surface area (Å²) >= 11 is 0. The second kappa shape index (κ2) is 5.50. The van der Waals surface area contributed by atoms with Crippen molar-refractivity contribution in [2.45, 2.75) is 25.5 Å².